The van der Waals surface area contributed by atoms with Gasteiger partial charge in [0, 0.05) is 25.9 Å². The van der Waals surface area contributed by atoms with Gasteiger partial charge >= 0.3 is 6.30 Å². The van der Waals surface area contributed by atoms with Crippen molar-refractivity contribution in [1.29, 1.82) is 0 Å². The van der Waals surface area contributed by atoms with Crippen molar-refractivity contribution in [1.82, 2.24) is 4.90 Å². The number of hydrogen-bond donors (Lipinski definition) is 0. The standard InChI is InChI=1S/C6H8F3NO/c7-6(8,9)10-3-1-5(11)2-4-10/h1-4H2. The highest BCUT2D eigenvalue weighted by Crippen LogP contribution is 2.23. The Balaban J connectivity index is 2.45. The Bertz CT molecular complexity index is 156. The molecule has 0 aromatic carbocycles. The van der Waals surface area contributed by atoms with Gasteiger partial charge in [-0.3, -0.25) is 4.79 Å². The second-order valence-electron chi connectivity index (χ2n) is 2.49. The Hall–Kier alpha value is -0.580. The summed E-state index contributed by atoms with van der Waals surface area (Å²) in [5.74, 6) is -0.0782. The van der Waals surface area contributed by atoms with Crippen LogP contribution in [0.5, 0.6) is 0 Å². The van der Waals surface area contributed by atoms with Gasteiger partial charge in [-0.05, 0) is 0 Å². The van der Waals surface area contributed by atoms with Crippen molar-refractivity contribution in [2.75, 3.05) is 13.1 Å². The predicted octanol–water partition coefficient (Wildman–Crippen LogP) is 1.17. The molecular formula is C6H8F3NO. The molecule has 1 heterocycles. The summed E-state index contributed by atoms with van der Waals surface area (Å²) >= 11 is 0. The van der Waals surface area contributed by atoms with Crippen LogP contribution in [0.4, 0.5) is 13.2 Å². The van der Waals surface area contributed by atoms with E-state index in [0.29, 0.717) is 4.90 Å². The van der Waals surface area contributed by atoms with Crippen LogP contribution in [-0.4, -0.2) is 30.1 Å². The van der Waals surface area contributed by atoms with Crippen molar-refractivity contribution in [3.63, 3.8) is 0 Å². The Labute approximate surface area is 62.0 Å². The van der Waals surface area contributed by atoms with E-state index in [1.165, 1.54) is 0 Å². The average molecular weight is 167 g/mol. The van der Waals surface area contributed by atoms with E-state index in [9.17, 15) is 18.0 Å². The quantitative estimate of drug-likeness (QED) is 0.505. The molecule has 1 aliphatic heterocycles. The van der Waals surface area contributed by atoms with Crippen LogP contribution in [0.15, 0.2) is 0 Å². The van der Waals surface area contributed by atoms with Gasteiger partial charge in [-0.25, -0.2) is 4.90 Å². The second-order valence-corrected chi connectivity index (χ2v) is 2.49. The third-order valence-electron chi connectivity index (χ3n) is 1.68. The summed E-state index contributed by atoms with van der Waals surface area (Å²) in [7, 11) is 0. The van der Waals surface area contributed by atoms with Crippen molar-refractivity contribution in [3.05, 3.63) is 0 Å². The van der Waals surface area contributed by atoms with Gasteiger partial charge < -0.3 is 0 Å². The zero-order valence-electron chi connectivity index (χ0n) is 5.82. The van der Waals surface area contributed by atoms with Crippen LogP contribution in [0.25, 0.3) is 0 Å². The van der Waals surface area contributed by atoms with Crippen molar-refractivity contribution in [3.8, 4) is 0 Å². The van der Waals surface area contributed by atoms with Crippen molar-refractivity contribution < 1.29 is 18.0 Å². The number of alkyl halides is 3. The van der Waals surface area contributed by atoms with E-state index in [1.807, 2.05) is 0 Å². The van der Waals surface area contributed by atoms with Gasteiger partial charge in [0.15, 0.2) is 0 Å². The highest BCUT2D eigenvalue weighted by atomic mass is 19.4. The summed E-state index contributed by atoms with van der Waals surface area (Å²) in [6.45, 7) is -0.356. The third-order valence-corrected chi connectivity index (χ3v) is 1.68. The molecule has 0 aromatic heterocycles. The highest BCUT2D eigenvalue weighted by Gasteiger charge is 2.38. The van der Waals surface area contributed by atoms with Crippen LogP contribution in [0.1, 0.15) is 12.8 Å². The van der Waals surface area contributed by atoms with E-state index in [-0.39, 0.29) is 31.7 Å². The molecule has 5 heteroatoms. The molecule has 0 spiro atoms. The lowest BCUT2D eigenvalue weighted by Crippen LogP contribution is -2.43. The highest BCUT2D eigenvalue weighted by molar-refractivity contribution is 5.79. The molecule has 0 aromatic rings. The topological polar surface area (TPSA) is 20.3 Å². The summed E-state index contributed by atoms with van der Waals surface area (Å²) in [4.78, 5) is 10.9. The molecule has 2 nitrogen and oxygen atoms in total. The SMILES string of the molecule is O=C1CCN(C(F)(F)F)CC1. The van der Waals surface area contributed by atoms with Crippen molar-refractivity contribution >= 4 is 5.78 Å². The molecule has 0 N–H and O–H groups in total. The van der Waals surface area contributed by atoms with Crippen LogP contribution in [-0.2, 0) is 4.79 Å². The number of halogens is 3. The number of nitrogens with zero attached hydrogens (tertiary/aromatic N) is 1. The van der Waals surface area contributed by atoms with E-state index in [1.54, 1.807) is 0 Å². The monoisotopic (exact) mass is 167 g/mol. The molecule has 0 bridgehead atoms. The van der Waals surface area contributed by atoms with Crippen LogP contribution in [0, 0.1) is 0 Å². The Morgan fingerprint density at radius 2 is 1.64 bits per heavy atom. The number of rotatable bonds is 0. The number of likely N-dealkylation sites (tertiary alicyclic amines) is 1. The molecular weight excluding hydrogens is 159 g/mol. The first-order valence-electron chi connectivity index (χ1n) is 3.33. The Morgan fingerprint density at radius 3 is 2.00 bits per heavy atom. The Kier molecular flexibility index (Phi) is 2.17. The van der Waals surface area contributed by atoms with Crippen LogP contribution in [0.3, 0.4) is 0 Å². The van der Waals surface area contributed by atoms with Gasteiger partial charge in [0.05, 0.1) is 0 Å². The maximum absolute atomic E-state index is 11.9. The number of ketones is 1. The maximum Gasteiger partial charge on any atom is 0.459 e. The lowest BCUT2D eigenvalue weighted by atomic mass is 10.1. The van der Waals surface area contributed by atoms with E-state index in [0.717, 1.165) is 0 Å². The second kappa shape index (κ2) is 2.81. The minimum absolute atomic E-state index is 0.0273. The normalized spacial score (nSPS) is 22.3. The fraction of sp³-hybridized carbons (Fsp3) is 0.833. The fourth-order valence-corrected chi connectivity index (χ4v) is 1.01. The minimum atomic E-state index is -4.26. The van der Waals surface area contributed by atoms with Gasteiger partial charge in [0.2, 0.25) is 0 Å². The minimum Gasteiger partial charge on any atom is -0.300 e. The third kappa shape index (κ3) is 2.18. The van der Waals surface area contributed by atoms with Crippen LogP contribution >= 0.6 is 0 Å². The zero-order chi connectivity index (χ0) is 8.48. The first-order chi connectivity index (χ1) is 5.00. The first kappa shape index (κ1) is 8.52. The van der Waals surface area contributed by atoms with Gasteiger partial charge in [0.25, 0.3) is 0 Å². The smallest absolute Gasteiger partial charge is 0.300 e. The molecule has 0 saturated carbocycles. The summed E-state index contributed by atoms with van der Waals surface area (Å²) < 4.78 is 35.6. The van der Waals surface area contributed by atoms with Gasteiger partial charge in [-0.2, -0.15) is 13.2 Å². The molecule has 0 amide bonds. The van der Waals surface area contributed by atoms with E-state index >= 15 is 0 Å². The summed E-state index contributed by atoms with van der Waals surface area (Å²) in [5, 5.41) is 0. The lowest BCUT2D eigenvalue weighted by molar-refractivity contribution is -0.247. The fourth-order valence-electron chi connectivity index (χ4n) is 1.01. The number of piperidine rings is 1. The van der Waals surface area contributed by atoms with Gasteiger partial charge in [-0.1, -0.05) is 0 Å². The molecule has 1 fully saturated rings. The molecule has 0 unspecified atom stereocenters. The van der Waals surface area contributed by atoms with Crippen molar-refractivity contribution in [2.45, 2.75) is 19.1 Å². The van der Waals surface area contributed by atoms with Crippen LogP contribution in [0.2, 0.25) is 0 Å². The first-order valence-corrected chi connectivity index (χ1v) is 3.33. The van der Waals surface area contributed by atoms with E-state index in [4.69, 9.17) is 0 Å². The lowest BCUT2D eigenvalue weighted by Gasteiger charge is -2.27. The molecule has 1 rings (SSSR count). The van der Waals surface area contributed by atoms with Gasteiger partial charge in [-0.15, -0.1) is 0 Å². The molecule has 0 atom stereocenters. The molecule has 0 aliphatic carbocycles. The Morgan fingerprint density at radius 1 is 1.18 bits per heavy atom. The maximum atomic E-state index is 11.9. The molecule has 64 valence electrons. The number of carbonyl (C=O) groups excluding carboxylic acids is 1. The van der Waals surface area contributed by atoms with E-state index in [2.05, 4.69) is 0 Å². The predicted molar refractivity (Wildman–Crippen MR) is 31.9 cm³/mol. The zero-order valence-corrected chi connectivity index (χ0v) is 5.82. The van der Waals surface area contributed by atoms with E-state index < -0.39 is 6.30 Å². The molecule has 1 saturated heterocycles. The van der Waals surface area contributed by atoms with Gasteiger partial charge in [0.1, 0.15) is 5.78 Å². The molecule has 11 heavy (non-hydrogen) atoms. The largest absolute Gasteiger partial charge is 0.459 e. The summed E-state index contributed by atoms with van der Waals surface area (Å²) in [5.41, 5.74) is 0. The summed E-state index contributed by atoms with van der Waals surface area (Å²) in [6, 6.07) is 0. The number of hydrogen-bond acceptors (Lipinski definition) is 2. The van der Waals surface area contributed by atoms with Crippen LogP contribution < -0.4 is 0 Å². The number of Topliss-reactive ketones (excluding diaryl/α,β-unsaturated/α-hetero) is 1. The molecule has 0 radical (unpaired) electrons. The number of carbonyl (C=O) groups is 1. The molecule has 1 aliphatic rings. The summed E-state index contributed by atoms with van der Waals surface area (Å²) in [6.07, 6.45) is -4.21. The average Bonchev–Trinajstić information content (AvgIpc) is 1.86. The van der Waals surface area contributed by atoms with Crippen molar-refractivity contribution in [2.24, 2.45) is 0 Å².